The fourth-order valence-corrected chi connectivity index (χ4v) is 3.96. The Morgan fingerprint density at radius 2 is 1.65 bits per heavy atom. The number of sulfone groups is 1. The molecule has 1 atom stereocenters. The molecule has 0 aromatic heterocycles. The van der Waals surface area contributed by atoms with Crippen LogP contribution in [0.3, 0.4) is 0 Å². The third-order valence-electron chi connectivity index (χ3n) is 4.77. The lowest BCUT2D eigenvalue weighted by Gasteiger charge is -2.28. The van der Waals surface area contributed by atoms with E-state index in [4.69, 9.17) is 0 Å². The highest BCUT2D eigenvalue weighted by Crippen LogP contribution is 2.24. The molecule has 5 nitrogen and oxygen atoms in total. The Morgan fingerprint density at radius 3 is 2.23 bits per heavy atom. The standard InChI is InChI=1S/C20H24N2O3S/c1-26(24,25)18-11-9-17(10-12-18)20(23)21-15-19(22-13-5-6-14-22)16-7-3-2-4-8-16/h2-4,7-12,19H,5-6,13-15H2,1H3,(H,21,23). The molecule has 1 aliphatic heterocycles. The Labute approximate surface area is 154 Å². The van der Waals surface area contributed by atoms with Crippen LogP contribution in [0.15, 0.2) is 59.5 Å². The van der Waals surface area contributed by atoms with Crippen molar-refractivity contribution in [3.63, 3.8) is 0 Å². The summed E-state index contributed by atoms with van der Waals surface area (Å²) >= 11 is 0. The first kappa shape index (κ1) is 18.6. The summed E-state index contributed by atoms with van der Waals surface area (Å²) in [5, 5.41) is 3.00. The molecule has 1 heterocycles. The highest BCUT2D eigenvalue weighted by atomic mass is 32.2. The summed E-state index contributed by atoms with van der Waals surface area (Å²) in [6.45, 7) is 2.60. The highest BCUT2D eigenvalue weighted by molar-refractivity contribution is 7.90. The second-order valence-corrected chi connectivity index (χ2v) is 8.69. The summed E-state index contributed by atoms with van der Waals surface area (Å²) in [6, 6.07) is 16.4. The number of hydrogen-bond donors (Lipinski definition) is 1. The van der Waals surface area contributed by atoms with Crippen LogP contribution in [0.25, 0.3) is 0 Å². The SMILES string of the molecule is CS(=O)(=O)c1ccc(C(=O)NCC(c2ccccc2)N2CCCC2)cc1. The second kappa shape index (κ2) is 8.01. The molecule has 1 unspecified atom stereocenters. The minimum absolute atomic E-state index is 0.151. The van der Waals surface area contributed by atoms with E-state index in [1.165, 1.54) is 30.5 Å². The van der Waals surface area contributed by atoms with Crippen LogP contribution >= 0.6 is 0 Å². The normalized spacial score (nSPS) is 16.3. The van der Waals surface area contributed by atoms with E-state index in [0.29, 0.717) is 12.1 Å². The van der Waals surface area contributed by atoms with Crippen molar-refractivity contribution in [3.8, 4) is 0 Å². The van der Waals surface area contributed by atoms with Crippen LogP contribution in [-0.2, 0) is 9.84 Å². The molecule has 0 aliphatic carbocycles. The summed E-state index contributed by atoms with van der Waals surface area (Å²) in [6.07, 6.45) is 3.52. The number of nitrogens with zero attached hydrogens (tertiary/aromatic N) is 1. The molecule has 0 radical (unpaired) electrons. The topological polar surface area (TPSA) is 66.5 Å². The average Bonchev–Trinajstić information content (AvgIpc) is 3.16. The van der Waals surface area contributed by atoms with E-state index < -0.39 is 9.84 Å². The summed E-state index contributed by atoms with van der Waals surface area (Å²) in [5.41, 5.74) is 1.66. The van der Waals surface area contributed by atoms with E-state index in [1.54, 1.807) is 12.1 Å². The molecule has 1 amide bonds. The Hall–Kier alpha value is -2.18. The van der Waals surface area contributed by atoms with E-state index in [1.807, 2.05) is 18.2 Å². The fourth-order valence-electron chi connectivity index (χ4n) is 3.33. The smallest absolute Gasteiger partial charge is 0.251 e. The van der Waals surface area contributed by atoms with Gasteiger partial charge in [-0.15, -0.1) is 0 Å². The van der Waals surface area contributed by atoms with Gasteiger partial charge in [0.05, 0.1) is 10.9 Å². The Kier molecular flexibility index (Phi) is 5.74. The molecule has 1 fully saturated rings. The number of benzene rings is 2. The fraction of sp³-hybridized carbons (Fsp3) is 0.350. The summed E-state index contributed by atoms with van der Waals surface area (Å²) in [7, 11) is -3.26. The minimum atomic E-state index is -3.26. The predicted octanol–water partition coefficient (Wildman–Crippen LogP) is 2.66. The molecule has 26 heavy (non-hydrogen) atoms. The van der Waals surface area contributed by atoms with E-state index in [9.17, 15) is 13.2 Å². The van der Waals surface area contributed by atoms with Crippen molar-refractivity contribution in [1.82, 2.24) is 10.2 Å². The molecule has 1 aliphatic rings. The number of amides is 1. The zero-order chi connectivity index (χ0) is 18.6. The molecular weight excluding hydrogens is 348 g/mol. The largest absolute Gasteiger partial charge is 0.350 e. The zero-order valence-electron chi connectivity index (χ0n) is 14.9. The molecular formula is C20H24N2O3S. The van der Waals surface area contributed by atoms with Gasteiger partial charge in [0.15, 0.2) is 9.84 Å². The number of carbonyl (C=O) groups excluding carboxylic acids is 1. The van der Waals surface area contributed by atoms with Gasteiger partial charge in [0, 0.05) is 18.4 Å². The van der Waals surface area contributed by atoms with Crippen molar-refractivity contribution in [2.75, 3.05) is 25.9 Å². The summed E-state index contributed by atoms with van der Waals surface area (Å²) in [4.78, 5) is 15.1. The van der Waals surface area contributed by atoms with Crippen LogP contribution in [0.2, 0.25) is 0 Å². The van der Waals surface area contributed by atoms with Crippen molar-refractivity contribution in [3.05, 3.63) is 65.7 Å². The Balaban J connectivity index is 1.69. The maximum Gasteiger partial charge on any atom is 0.251 e. The quantitative estimate of drug-likeness (QED) is 0.847. The van der Waals surface area contributed by atoms with Gasteiger partial charge in [0.2, 0.25) is 0 Å². The lowest BCUT2D eigenvalue weighted by molar-refractivity contribution is 0.0938. The van der Waals surface area contributed by atoms with Crippen LogP contribution in [0, 0.1) is 0 Å². The number of likely N-dealkylation sites (tertiary alicyclic amines) is 1. The Morgan fingerprint density at radius 1 is 1.04 bits per heavy atom. The lowest BCUT2D eigenvalue weighted by atomic mass is 10.1. The van der Waals surface area contributed by atoms with E-state index in [2.05, 4.69) is 22.3 Å². The molecule has 3 rings (SSSR count). The van der Waals surface area contributed by atoms with Crippen molar-refractivity contribution in [2.24, 2.45) is 0 Å². The van der Waals surface area contributed by atoms with Gasteiger partial charge in [-0.05, 0) is 55.8 Å². The predicted molar refractivity (Wildman–Crippen MR) is 102 cm³/mol. The van der Waals surface area contributed by atoms with Gasteiger partial charge in [0.25, 0.3) is 5.91 Å². The molecule has 0 saturated carbocycles. The molecule has 0 spiro atoms. The molecule has 0 bridgehead atoms. The molecule has 2 aromatic rings. The van der Waals surface area contributed by atoms with Crippen LogP contribution in [-0.4, -0.2) is 45.1 Å². The highest BCUT2D eigenvalue weighted by Gasteiger charge is 2.24. The van der Waals surface area contributed by atoms with Gasteiger partial charge < -0.3 is 5.32 Å². The Bertz CT molecular complexity index is 842. The van der Waals surface area contributed by atoms with Crippen molar-refractivity contribution < 1.29 is 13.2 Å². The number of hydrogen-bond acceptors (Lipinski definition) is 4. The van der Waals surface area contributed by atoms with Crippen molar-refractivity contribution in [1.29, 1.82) is 0 Å². The maximum absolute atomic E-state index is 12.5. The van der Waals surface area contributed by atoms with Gasteiger partial charge in [-0.3, -0.25) is 9.69 Å². The van der Waals surface area contributed by atoms with E-state index in [0.717, 1.165) is 19.3 Å². The van der Waals surface area contributed by atoms with E-state index >= 15 is 0 Å². The number of rotatable bonds is 6. The monoisotopic (exact) mass is 372 g/mol. The molecule has 1 N–H and O–H groups in total. The second-order valence-electron chi connectivity index (χ2n) is 6.68. The zero-order valence-corrected chi connectivity index (χ0v) is 15.7. The number of nitrogens with one attached hydrogen (secondary N) is 1. The first-order valence-corrected chi connectivity index (χ1v) is 10.7. The van der Waals surface area contributed by atoms with Gasteiger partial charge in [-0.25, -0.2) is 8.42 Å². The molecule has 6 heteroatoms. The van der Waals surface area contributed by atoms with Gasteiger partial charge >= 0.3 is 0 Å². The first-order chi connectivity index (χ1) is 12.4. The van der Waals surface area contributed by atoms with Gasteiger partial charge in [-0.2, -0.15) is 0 Å². The molecule has 1 saturated heterocycles. The van der Waals surface area contributed by atoms with Crippen LogP contribution in [0.4, 0.5) is 0 Å². The first-order valence-electron chi connectivity index (χ1n) is 8.82. The lowest BCUT2D eigenvalue weighted by Crippen LogP contribution is -2.36. The van der Waals surface area contributed by atoms with Gasteiger partial charge in [-0.1, -0.05) is 30.3 Å². The van der Waals surface area contributed by atoms with Crippen LogP contribution in [0.1, 0.15) is 34.8 Å². The third-order valence-corrected chi connectivity index (χ3v) is 5.89. The van der Waals surface area contributed by atoms with Crippen LogP contribution in [0.5, 0.6) is 0 Å². The maximum atomic E-state index is 12.5. The van der Waals surface area contributed by atoms with Gasteiger partial charge in [0.1, 0.15) is 0 Å². The molecule has 138 valence electrons. The average molecular weight is 372 g/mol. The van der Waals surface area contributed by atoms with Crippen molar-refractivity contribution in [2.45, 2.75) is 23.8 Å². The van der Waals surface area contributed by atoms with Crippen LogP contribution < -0.4 is 5.32 Å². The summed E-state index contributed by atoms with van der Waals surface area (Å²) in [5.74, 6) is -0.190. The third kappa shape index (κ3) is 4.51. The van der Waals surface area contributed by atoms with Crippen molar-refractivity contribution >= 4 is 15.7 Å². The number of carbonyl (C=O) groups is 1. The minimum Gasteiger partial charge on any atom is -0.350 e. The summed E-state index contributed by atoms with van der Waals surface area (Å²) < 4.78 is 23.1. The van der Waals surface area contributed by atoms with E-state index in [-0.39, 0.29) is 16.8 Å². The molecule has 2 aromatic carbocycles.